The summed E-state index contributed by atoms with van der Waals surface area (Å²) in [5.41, 5.74) is 1.87. The van der Waals surface area contributed by atoms with Crippen LogP contribution < -0.4 is 14.4 Å². The van der Waals surface area contributed by atoms with E-state index in [4.69, 9.17) is 9.47 Å². The predicted octanol–water partition coefficient (Wildman–Crippen LogP) is 4.18. The molecule has 28 heavy (non-hydrogen) atoms. The van der Waals surface area contributed by atoms with Gasteiger partial charge in [-0.15, -0.1) is 11.8 Å². The molecule has 2 aromatic carbocycles. The standard InChI is InChI=1S/C22H20N2O3S/c25-22(16-28-19-8-10-23-11-9-19)24(18-4-2-1-3-5-18)15-17-6-7-20-21(14-17)27-13-12-26-20/h1-11,14H,12-13,15-16H2. The van der Waals surface area contributed by atoms with Crippen LogP contribution in [-0.4, -0.2) is 29.9 Å². The molecule has 0 aliphatic carbocycles. The predicted molar refractivity (Wildman–Crippen MR) is 110 cm³/mol. The maximum absolute atomic E-state index is 13.0. The van der Waals surface area contributed by atoms with E-state index in [0.717, 1.165) is 27.6 Å². The molecule has 0 N–H and O–H groups in total. The topological polar surface area (TPSA) is 51.7 Å². The van der Waals surface area contributed by atoms with Gasteiger partial charge in [0.25, 0.3) is 0 Å². The van der Waals surface area contributed by atoms with E-state index in [1.54, 1.807) is 17.3 Å². The number of ether oxygens (including phenoxy) is 2. The van der Waals surface area contributed by atoms with Gasteiger partial charge in [-0.25, -0.2) is 0 Å². The lowest BCUT2D eigenvalue weighted by molar-refractivity contribution is -0.116. The Balaban J connectivity index is 1.53. The second kappa shape index (κ2) is 8.80. The van der Waals surface area contributed by atoms with E-state index in [1.165, 1.54) is 11.8 Å². The zero-order valence-corrected chi connectivity index (χ0v) is 16.1. The number of rotatable bonds is 6. The van der Waals surface area contributed by atoms with Gasteiger partial charge in [0.1, 0.15) is 13.2 Å². The van der Waals surface area contributed by atoms with Crippen LogP contribution in [0.25, 0.3) is 0 Å². The molecule has 0 atom stereocenters. The molecule has 0 spiro atoms. The third-order valence-electron chi connectivity index (χ3n) is 4.33. The van der Waals surface area contributed by atoms with E-state index >= 15 is 0 Å². The van der Waals surface area contributed by atoms with Crippen LogP contribution in [0.1, 0.15) is 5.56 Å². The molecule has 0 radical (unpaired) electrons. The smallest absolute Gasteiger partial charge is 0.237 e. The molecule has 0 saturated heterocycles. The Morgan fingerprint density at radius 3 is 2.50 bits per heavy atom. The molecule has 6 heteroatoms. The first-order valence-electron chi connectivity index (χ1n) is 9.06. The van der Waals surface area contributed by atoms with Crippen molar-refractivity contribution in [2.75, 3.05) is 23.9 Å². The quantitative estimate of drug-likeness (QED) is 0.589. The molecule has 0 saturated carbocycles. The number of carbonyl (C=O) groups is 1. The largest absolute Gasteiger partial charge is 0.486 e. The van der Waals surface area contributed by atoms with E-state index in [1.807, 2.05) is 60.7 Å². The second-order valence-corrected chi connectivity index (χ2v) is 7.31. The zero-order chi connectivity index (χ0) is 19.2. The Morgan fingerprint density at radius 1 is 0.964 bits per heavy atom. The first kappa shape index (κ1) is 18.4. The van der Waals surface area contributed by atoms with Gasteiger partial charge in [0.05, 0.1) is 12.3 Å². The summed E-state index contributed by atoms with van der Waals surface area (Å²) in [6, 6.07) is 19.4. The van der Waals surface area contributed by atoms with E-state index in [-0.39, 0.29) is 5.91 Å². The number of amides is 1. The number of hydrogen-bond acceptors (Lipinski definition) is 5. The maximum Gasteiger partial charge on any atom is 0.237 e. The van der Waals surface area contributed by atoms with Crippen molar-refractivity contribution in [3.8, 4) is 11.5 Å². The SMILES string of the molecule is O=C(CSc1ccncc1)N(Cc1ccc2c(c1)OCCO2)c1ccccc1. The molecule has 0 bridgehead atoms. The summed E-state index contributed by atoms with van der Waals surface area (Å²) >= 11 is 1.51. The van der Waals surface area contributed by atoms with Crippen molar-refractivity contribution < 1.29 is 14.3 Å². The molecule has 4 rings (SSSR count). The molecule has 142 valence electrons. The third-order valence-corrected chi connectivity index (χ3v) is 5.33. The number of carbonyl (C=O) groups excluding carboxylic acids is 1. The summed E-state index contributed by atoms with van der Waals surface area (Å²) in [5.74, 6) is 1.88. The van der Waals surface area contributed by atoms with E-state index in [2.05, 4.69) is 4.98 Å². The Kier molecular flexibility index (Phi) is 5.77. The van der Waals surface area contributed by atoms with Crippen molar-refractivity contribution in [3.63, 3.8) is 0 Å². The summed E-state index contributed by atoms with van der Waals surface area (Å²) in [5, 5.41) is 0. The highest BCUT2D eigenvalue weighted by atomic mass is 32.2. The van der Waals surface area contributed by atoms with E-state index in [9.17, 15) is 4.79 Å². The van der Waals surface area contributed by atoms with Gasteiger partial charge >= 0.3 is 0 Å². The Morgan fingerprint density at radius 2 is 1.71 bits per heavy atom. The van der Waals surface area contributed by atoms with Crippen LogP contribution in [0, 0.1) is 0 Å². The summed E-state index contributed by atoms with van der Waals surface area (Å²) in [6.07, 6.45) is 3.47. The zero-order valence-electron chi connectivity index (χ0n) is 15.3. The number of fused-ring (bicyclic) bond motifs is 1. The molecule has 2 heterocycles. The van der Waals surface area contributed by atoms with Crippen molar-refractivity contribution in [3.05, 3.63) is 78.6 Å². The highest BCUT2D eigenvalue weighted by Crippen LogP contribution is 2.32. The number of benzene rings is 2. The summed E-state index contributed by atoms with van der Waals surface area (Å²) in [7, 11) is 0. The monoisotopic (exact) mass is 392 g/mol. The highest BCUT2D eigenvalue weighted by Gasteiger charge is 2.18. The van der Waals surface area contributed by atoms with Crippen LogP contribution in [0.5, 0.6) is 11.5 Å². The van der Waals surface area contributed by atoms with Gasteiger partial charge in [-0.1, -0.05) is 24.3 Å². The minimum Gasteiger partial charge on any atom is -0.486 e. The summed E-state index contributed by atoms with van der Waals surface area (Å²) < 4.78 is 11.3. The van der Waals surface area contributed by atoms with Crippen molar-refractivity contribution in [2.24, 2.45) is 0 Å². The Hall–Kier alpha value is -2.99. The fraction of sp³-hybridized carbons (Fsp3) is 0.182. The van der Waals surface area contributed by atoms with Gasteiger partial charge in [-0.05, 0) is 42.0 Å². The average Bonchev–Trinajstić information content (AvgIpc) is 2.77. The lowest BCUT2D eigenvalue weighted by Crippen LogP contribution is -2.32. The molecule has 0 fully saturated rings. The van der Waals surface area contributed by atoms with Crippen LogP contribution in [0.15, 0.2) is 78.0 Å². The van der Waals surface area contributed by atoms with Gasteiger partial charge < -0.3 is 14.4 Å². The maximum atomic E-state index is 13.0. The number of aromatic nitrogens is 1. The highest BCUT2D eigenvalue weighted by molar-refractivity contribution is 8.00. The van der Waals surface area contributed by atoms with Crippen molar-refractivity contribution in [2.45, 2.75) is 11.4 Å². The number of hydrogen-bond donors (Lipinski definition) is 0. The number of nitrogens with zero attached hydrogens (tertiary/aromatic N) is 2. The fourth-order valence-corrected chi connectivity index (χ4v) is 3.72. The summed E-state index contributed by atoms with van der Waals surface area (Å²) in [6.45, 7) is 1.57. The normalized spacial score (nSPS) is 12.4. The molecule has 0 unspecified atom stereocenters. The van der Waals surface area contributed by atoms with E-state index in [0.29, 0.717) is 25.5 Å². The number of anilines is 1. The number of thioether (sulfide) groups is 1. The van der Waals surface area contributed by atoms with Crippen LogP contribution in [0.3, 0.4) is 0 Å². The summed E-state index contributed by atoms with van der Waals surface area (Å²) in [4.78, 5) is 19.9. The molecular formula is C22H20N2O3S. The average molecular weight is 392 g/mol. The van der Waals surface area contributed by atoms with E-state index < -0.39 is 0 Å². The minimum atomic E-state index is 0.0444. The van der Waals surface area contributed by atoms with Crippen LogP contribution >= 0.6 is 11.8 Å². The second-order valence-electron chi connectivity index (χ2n) is 6.27. The fourth-order valence-electron chi connectivity index (χ4n) is 2.96. The number of para-hydroxylation sites is 1. The first-order chi connectivity index (χ1) is 13.8. The molecule has 3 aromatic rings. The van der Waals surface area contributed by atoms with Gasteiger partial charge in [-0.3, -0.25) is 9.78 Å². The van der Waals surface area contributed by atoms with Gasteiger partial charge in [0, 0.05) is 23.0 Å². The molecule has 1 aromatic heterocycles. The van der Waals surface area contributed by atoms with Crippen molar-refractivity contribution >= 4 is 23.4 Å². The van der Waals surface area contributed by atoms with Gasteiger partial charge in [0.15, 0.2) is 11.5 Å². The van der Waals surface area contributed by atoms with Gasteiger partial charge in [-0.2, -0.15) is 0 Å². The van der Waals surface area contributed by atoms with Crippen molar-refractivity contribution in [1.29, 1.82) is 0 Å². The molecule has 5 nitrogen and oxygen atoms in total. The minimum absolute atomic E-state index is 0.0444. The molecule has 1 amide bonds. The molecule has 1 aliphatic heterocycles. The van der Waals surface area contributed by atoms with Crippen LogP contribution in [0.2, 0.25) is 0 Å². The van der Waals surface area contributed by atoms with Crippen LogP contribution in [0.4, 0.5) is 5.69 Å². The lowest BCUT2D eigenvalue weighted by atomic mass is 10.1. The Bertz CT molecular complexity index is 935. The molecule has 1 aliphatic rings. The lowest BCUT2D eigenvalue weighted by Gasteiger charge is -2.24. The number of pyridine rings is 1. The van der Waals surface area contributed by atoms with Crippen molar-refractivity contribution in [1.82, 2.24) is 4.98 Å². The molecular weight excluding hydrogens is 372 g/mol. The third kappa shape index (κ3) is 4.46. The first-order valence-corrected chi connectivity index (χ1v) is 10.0. The van der Waals surface area contributed by atoms with Crippen LogP contribution in [-0.2, 0) is 11.3 Å². The Labute approximate surface area is 168 Å². The van der Waals surface area contributed by atoms with Gasteiger partial charge in [0.2, 0.25) is 5.91 Å².